The van der Waals surface area contributed by atoms with Gasteiger partial charge < -0.3 is 15.7 Å². The topological polar surface area (TPSA) is 61.4 Å². The van der Waals surface area contributed by atoms with Crippen molar-refractivity contribution in [1.29, 1.82) is 0 Å². The van der Waals surface area contributed by atoms with Gasteiger partial charge in [-0.2, -0.15) is 0 Å². The molecule has 2 aromatic rings. The van der Waals surface area contributed by atoms with Gasteiger partial charge in [0, 0.05) is 5.69 Å². The lowest BCUT2D eigenvalue weighted by atomic mass is 10.1. The minimum atomic E-state index is -0.218. The SMILES string of the molecule is C=CCc1cc(/C=C2\S[C@H](Nc3ccc(CC)cc3)NC2=O)cc(Br)c1O. The van der Waals surface area contributed by atoms with Gasteiger partial charge in [0.2, 0.25) is 0 Å². The van der Waals surface area contributed by atoms with Crippen molar-refractivity contribution in [3.63, 3.8) is 0 Å². The summed E-state index contributed by atoms with van der Waals surface area (Å²) in [6, 6.07) is 11.9. The fraction of sp³-hybridized carbons (Fsp3) is 0.190. The van der Waals surface area contributed by atoms with E-state index in [4.69, 9.17) is 0 Å². The van der Waals surface area contributed by atoms with E-state index in [9.17, 15) is 9.90 Å². The molecule has 0 aromatic heterocycles. The third-order valence-corrected chi connectivity index (χ3v) is 5.85. The van der Waals surface area contributed by atoms with E-state index in [0.717, 1.165) is 23.2 Å². The summed E-state index contributed by atoms with van der Waals surface area (Å²) >= 11 is 4.80. The Hall–Kier alpha value is -2.18. The number of hydrogen-bond donors (Lipinski definition) is 3. The second-order valence-corrected chi connectivity index (χ2v) is 8.18. The first kappa shape index (κ1) is 19.6. The number of rotatable bonds is 6. The fourth-order valence-corrected chi connectivity index (χ4v) is 4.28. The van der Waals surface area contributed by atoms with Gasteiger partial charge in [-0.25, -0.2) is 0 Å². The Balaban J connectivity index is 1.75. The molecule has 1 amide bonds. The number of benzene rings is 2. The number of aryl methyl sites for hydroxylation is 1. The Bertz CT molecular complexity index is 894. The Kier molecular flexibility index (Phi) is 6.29. The van der Waals surface area contributed by atoms with Crippen LogP contribution in [0.4, 0.5) is 5.69 Å². The number of aromatic hydroxyl groups is 1. The van der Waals surface area contributed by atoms with Crippen molar-refractivity contribution >= 4 is 45.4 Å². The number of thioether (sulfide) groups is 1. The quantitative estimate of drug-likeness (QED) is 0.431. The first-order valence-electron chi connectivity index (χ1n) is 8.67. The van der Waals surface area contributed by atoms with Gasteiger partial charge in [-0.1, -0.05) is 36.9 Å². The van der Waals surface area contributed by atoms with Crippen molar-refractivity contribution in [2.45, 2.75) is 25.3 Å². The third-order valence-electron chi connectivity index (χ3n) is 4.22. The van der Waals surface area contributed by atoms with Crippen molar-refractivity contribution in [3.05, 3.63) is 75.1 Å². The molecule has 0 radical (unpaired) electrons. The van der Waals surface area contributed by atoms with Crippen molar-refractivity contribution in [1.82, 2.24) is 5.32 Å². The molecule has 2 aromatic carbocycles. The molecule has 1 aliphatic rings. The number of amides is 1. The summed E-state index contributed by atoms with van der Waals surface area (Å²) < 4.78 is 0.600. The van der Waals surface area contributed by atoms with Crippen LogP contribution in [0, 0.1) is 0 Å². The highest BCUT2D eigenvalue weighted by molar-refractivity contribution is 9.10. The Labute approximate surface area is 171 Å². The Morgan fingerprint density at radius 2 is 2.07 bits per heavy atom. The van der Waals surface area contributed by atoms with E-state index in [-0.39, 0.29) is 17.2 Å². The summed E-state index contributed by atoms with van der Waals surface area (Å²) in [5.41, 5.74) is 3.64. The van der Waals surface area contributed by atoms with Crippen molar-refractivity contribution in [2.75, 3.05) is 5.32 Å². The number of phenols is 1. The molecule has 3 N–H and O–H groups in total. The van der Waals surface area contributed by atoms with E-state index in [2.05, 4.69) is 52.2 Å². The minimum Gasteiger partial charge on any atom is -0.506 e. The molecule has 0 aliphatic carbocycles. The standard InChI is InChI=1S/C21H21BrN2O2S/c1-3-5-15-10-14(11-17(22)19(15)25)12-18-20(26)24-21(27-18)23-16-8-6-13(4-2)7-9-16/h3,6-12,21,23,25H,1,4-5H2,2H3,(H,24,26)/b18-12-/t21-/m1/s1. The lowest BCUT2D eigenvalue weighted by molar-refractivity contribution is -0.116. The van der Waals surface area contributed by atoms with E-state index >= 15 is 0 Å². The molecular weight excluding hydrogens is 424 g/mol. The molecule has 3 rings (SSSR count). The molecular formula is C21H21BrN2O2S. The van der Waals surface area contributed by atoms with Gasteiger partial charge in [0.15, 0.2) is 5.50 Å². The lowest BCUT2D eigenvalue weighted by Crippen LogP contribution is -2.30. The number of halogens is 1. The van der Waals surface area contributed by atoms with Gasteiger partial charge >= 0.3 is 0 Å². The number of carbonyl (C=O) groups is 1. The molecule has 4 nitrogen and oxygen atoms in total. The van der Waals surface area contributed by atoms with Crippen molar-refractivity contribution < 1.29 is 9.90 Å². The smallest absolute Gasteiger partial charge is 0.260 e. The second kappa shape index (κ2) is 8.67. The summed E-state index contributed by atoms with van der Waals surface area (Å²) in [5, 5.41) is 16.4. The lowest BCUT2D eigenvalue weighted by Gasteiger charge is -2.12. The average molecular weight is 445 g/mol. The normalized spacial score (nSPS) is 17.8. The zero-order valence-corrected chi connectivity index (χ0v) is 17.4. The summed E-state index contributed by atoms with van der Waals surface area (Å²) in [6.07, 6.45) is 5.12. The maximum Gasteiger partial charge on any atom is 0.260 e. The van der Waals surface area contributed by atoms with E-state index in [0.29, 0.717) is 15.8 Å². The van der Waals surface area contributed by atoms with Crippen LogP contribution in [0.1, 0.15) is 23.6 Å². The highest BCUT2D eigenvalue weighted by atomic mass is 79.9. The predicted octanol–water partition coefficient (Wildman–Crippen LogP) is 5.05. The second-order valence-electron chi connectivity index (χ2n) is 6.18. The average Bonchev–Trinajstić information content (AvgIpc) is 2.99. The van der Waals surface area contributed by atoms with Crippen LogP contribution in [0.15, 0.2) is 58.4 Å². The van der Waals surface area contributed by atoms with Crippen LogP contribution in [0.2, 0.25) is 0 Å². The first-order valence-corrected chi connectivity index (χ1v) is 10.3. The van der Waals surface area contributed by atoms with Crippen LogP contribution in [0.5, 0.6) is 5.75 Å². The molecule has 1 atom stereocenters. The van der Waals surface area contributed by atoms with E-state index in [1.165, 1.54) is 17.3 Å². The predicted molar refractivity (Wildman–Crippen MR) is 117 cm³/mol. The summed E-state index contributed by atoms with van der Waals surface area (Å²) in [7, 11) is 0. The van der Waals surface area contributed by atoms with Gasteiger partial charge in [0.05, 0.1) is 9.38 Å². The molecule has 0 unspecified atom stereocenters. The number of nitrogens with one attached hydrogen (secondary N) is 2. The van der Waals surface area contributed by atoms with Crippen LogP contribution in [-0.2, 0) is 17.6 Å². The zero-order chi connectivity index (χ0) is 19.4. The van der Waals surface area contributed by atoms with Crippen molar-refractivity contribution in [2.24, 2.45) is 0 Å². The maximum absolute atomic E-state index is 12.3. The van der Waals surface area contributed by atoms with Crippen LogP contribution >= 0.6 is 27.7 Å². The third kappa shape index (κ3) is 4.76. The Morgan fingerprint density at radius 1 is 1.33 bits per heavy atom. The molecule has 1 aliphatic heterocycles. The fourth-order valence-electron chi connectivity index (χ4n) is 2.78. The maximum atomic E-state index is 12.3. The monoisotopic (exact) mass is 444 g/mol. The summed E-state index contributed by atoms with van der Waals surface area (Å²) in [5.74, 6) is 0.0905. The van der Waals surface area contributed by atoms with Gasteiger partial charge in [-0.15, -0.1) is 6.58 Å². The highest BCUT2D eigenvalue weighted by Gasteiger charge is 2.27. The number of hydrogen-bond acceptors (Lipinski definition) is 4. The van der Waals surface area contributed by atoms with Crippen LogP contribution in [0.3, 0.4) is 0 Å². The first-order chi connectivity index (χ1) is 13.0. The van der Waals surface area contributed by atoms with Gasteiger partial charge in [0.25, 0.3) is 5.91 Å². The van der Waals surface area contributed by atoms with Gasteiger partial charge in [-0.05, 0) is 75.8 Å². The minimum absolute atomic E-state index is 0.114. The van der Waals surface area contributed by atoms with E-state index in [1.54, 1.807) is 12.1 Å². The van der Waals surface area contributed by atoms with Gasteiger partial charge in [-0.3, -0.25) is 4.79 Å². The van der Waals surface area contributed by atoms with Crippen LogP contribution in [0.25, 0.3) is 6.08 Å². The molecule has 1 fully saturated rings. The molecule has 27 heavy (non-hydrogen) atoms. The molecule has 0 spiro atoms. The molecule has 0 saturated carbocycles. The highest BCUT2D eigenvalue weighted by Crippen LogP contribution is 2.34. The van der Waals surface area contributed by atoms with E-state index < -0.39 is 0 Å². The molecule has 1 saturated heterocycles. The zero-order valence-electron chi connectivity index (χ0n) is 15.0. The number of phenolic OH excluding ortho intramolecular Hbond substituents is 1. The van der Waals surface area contributed by atoms with Crippen LogP contribution in [-0.4, -0.2) is 16.5 Å². The molecule has 0 bridgehead atoms. The number of carbonyl (C=O) groups excluding carboxylic acids is 1. The Morgan fingerprint density at radius 3 is 2.74 bits per heavy atom. The number of anilines is 1. The summed E-state index contributed by atoms with van der Waals surface area (Å²) in [4.78, 5) is 12.9. The number of allylic oxidation sites excluding steroid dienone is 1. The largest absolute Gasteiger partial charge is 0.506 e. The van der Waals surface area contributed by atoms with Crippen molar-refractivity contribution in [3.8, 4) is 5.75 Å². The molecule has 140 valence electrons. The van der Waals surface area contributed by atoms with Crippen LogP contribution < -0.4 is 10.6 Å². The molecule has 6 heteroatoms. The molecule has 1 heterocycles. The summed E-state index contributed by atoms with van der Waals surface area (Å²) in [6.45, 7) is 5.83. The van der Waals surface area contributed by atoms with Gasteiger partial charge in [0.1, 0.15) is 5.75 Å². The van der Waals surface area contributed by atoms with E-state index in [1.807, 2.05) is 24.3 Å².